The van der Waals surface area contributed by atoms with Crippen molar-refractivity contribution in [3.8, 4) is 11.5 Å². The number of methoxy groups -OCH3 is 1. The van der Waals surface area contributed by atoms with E-state index in [4.69, 9.17) is 18.9 Å². The van der Waals surface area contributed by atoms with Crippen molar-refractivity contribution in [1.29, 1.82) is 0 Å². The average molecular weight is 720 g/mol. The number of anilines is 1. The molecule has 0 saturated heterocycles. The third kappa shape index (κ3) is 8.99. The molecule has 0 fully saturated rings. The van der Waals surface area contributed by atoms with Crippen LogP contribution in [0.1, 0.15) is 85.2 Å². The molecule has 4 rings (SSSR count). The Morgan fingerprint density at radius 1 is 0.941 bits per heavy atom. The SMILES string of the molecule is CCCCn1c(=O)n(Cc2cc(OC)ccc2O[Si](C)(C)C(C)(C)C)c(=O)c2c1nc(Cc1ccc(NC(C)=O)cc1)n2COC(=O)C(C)(C)C. The second kappa shape index (κ2) is 15.3. The summed E-state index contributed by atoms with van der Waals surface area (Å²) in [5.41, 5.74) is 0.664. The van der Waals surface area contributed by atoms with Gasteiger partial charge in [-0.05, 0) is 81.2 Å². The van der Waals surface area contributed by atoms with E-state index in [-0.39, 0.29) is 41.8 Å². The second-order valence-corrected chi connectivity index (χ2v) is 20.2. The Morgan fingerprint density at radius 2 is 1.61 bits per heavy atom. The van der Waals surface area contributed by atoms with Crippen LogP contribution in [0.15, 0.2) is 52.1 Å². The van der Waals surface area contributed by atoms with Gasteiger partial charge in [-0.3, -0.25) is 28.1 Å². The van der Waals surface area contributed by atoms with Crippen LogP contribution in [0.3, 0.4) is 0 Å². The van der Waals surface area contributed by atoms with Crippen LogP contribution in [-0.2, 0) is 40.6 Å². The Balaban J connectivity index is 1.95. The van der Waals surface area contributed by atoms with E-state index in [0.29, 0.717) is 41.5 Å². The van der Waals surface area contributed by atoms with Crippen molar-refractivity contribution in [3.05, 3.63) is 80.3 Å². The van der Waals surface area contributed by atoms with Crippen molar-refractivity contribution in [3.63, 3.8) is 0 Å². The molecule has 2 heterocycles. The van der Waals surface area contributed by atoms with Gasteiger partial charge in [0.1, 0.15) is 17.3 Å². The quantitative estimate of drug-likeness (QED) is 0.119. The second-order valence-electron chi connectivity index (χ2n) is 15.5. The van der Waals surface area contributed by atoms with E-state index < -0.39 is 31.0 Å². The molecule has 0 aliphatic heterocycles. The van der Waals surface area contributed by atoms with Gasteiger partial charge in [0, 0.05) is 31.1 Å². The number of aryl methyl sites for hydroxylation is 1. The fraction of sp³-hybridized carbons (Fsp3) is 0.500. The highest BCUT2D eigenvalue weighted by Gasteiger charge is 2.39. The van der Waals surface area contributed by atoms with Gasteiger partial charge in [0.2, 0.25) is 14.2 Å². The molecule has 2 aromatic heterocycles. The fourth-order valence-corrected chi connectivity index (χ4v) is 6.26. The van der Waals surface area contributed by atoms with Gasteiger partial charge in [0.15, 0.2) is 17.9 Å². The molecule has 0 unspecified atom stereocenters. The van der Waals surface area contributed by atoms with Gasteiger partial charge in [-0.15, -0.1) is 0 Å². The molecular formula is C38H53N5O7Si. The van der Waals surface area contributed by atoms with Crippen molar-refractivity contribution in [2.75, 3.05) is 12.4 Å². The Morgan fingerprint density at radius 3 is 2.18 bits per heavy atom. The molecule has 0 bridgehead atoms. The summed E-state index contributed by atoms with van der Waals surface area (Å²) in [6, 6.07) is 12.7. The zero-order valence-electron chi connectivity index (χ0n) is 31.9. The normalized spacial score (nSPS) is 12.2. The van der Waals surface area contributed by atoms with Gasteiger partial charge in [-0.25, -0.2) is 9.78 Å². The summed E-state index contributed by atoms with van der Waals surface area (Å²) in [7, 11) is -0.742. The molecule has 1 amide bonds. The smallest absolute Gasteiger partial charge is 0.333 e. The van der Waals surface area contributed by atoms with E-state index in [1.165, 1.54) is 11.5 Å². The van der Waals surface area contributed by atoms with Crippen LogP contribution in [0.25, 0.3) is 11.2 Å². The third-order valence-corrected chi connectivity index (χ3v) is 13.6. The molecule has 51 heavy (non-hydrogen) atoms. The number of benzene rings is 2. The van der Waals surface area contributed by atoms with Gasteiger partial charge in [0.25, 0.3) is 5.56 Å². The zero-order chi connectivity index (χ0) is 37.9. The molecule has 0 saturated carbocycles. The van der Waals surface area contributed by atoms with E-state index in [1.807, 2.05) is 31.2 Å². The first-order valence-electron chi connectivity index (χ1n) is 17.4. The largest absolute Gasteiger partial charge is 0.543 e. The number of carbonyl (C=O) groups is 2. The highest BCUT2D eigenvalue weighted by atomic mass is 28.4. The maximum atomic E-state index is 14.6. The number of imidazole rings is 1. The Kier molecular flexibility index (Phi) is 11.7. The van der Waals surface area contributed by atoms with E-state index in [9.17, 15) is 19.2 Å². The first-order valence-corrected chi connectivity index (χ1v) is 20.3. The molecule has 0 aliphatic carbocycles. The van der Waals surface area contributed by atoms with Crippen LogP contribution < -0.4 is 25.7 Å². The maximum Gasteiger partial charge on any atom is 0.333 e. The van der Waals surface area contributed by atoms with Crippen LogP contribution in [0, 0.1) is 5.41 Å². The molecule has 0 atom stereocenters. The van der Waals surface area contributed by atoms with Gasteiger partial charge in [-0.2, -0.15) is 0 Å². The Hall–Kier alpha value is -4.65. The van der Waals surface area contributed by atoms with Crippen LogP contribution in [0.2, 0.25) is 18.1 Å². The summed E-state index contributed by atoms with van der Waals surface area (Å²) in [6.45, 7) is 19.5. The number of carbonyl (C=O) groups excluding carboxylic acids is 2. The number of esters is 1. The molecule has 0 aliphatic rings. The zero-order valence-corrected chi connectivity index (χ0v) is 32.9. The van der Waals surface area contributed by atoms with E-state index >= 15 is 0 Å². The number of hydrogen-bond acceptors (Lipinski definition) is 8. The highest BCUT2D eigenvalue weighted by molar-refractivity contribution is 6.74. The number of amides is 1. The number of hydrogen-bond donors (Lipinski definition) is 1. The number of rotatable bonds is 13. The van der Waals surface area contributed by atoms with E-state index in [1.54, 1.807) is 55.2 Å². The third-order valence-electron chi connectivity index (χ3n) is 9.27. The molecule has 0 spiro atoms. The fourth-order valence-electron chi connectivity index (χ4n) is 5.20. The van der Waals surface area contributed by atoms with Crippen LogP contribution >= 0.6 is 0 Å². The first kappa shape index (κ1) is 39.1. The number of nitrogens with one attached hydrogen (secondary N) is 1. The molecule has 276 valence electrons. The van der Waals surface area contributed by atoms with E-state index in [2.05, 4.69) is 39.2 Å². The molecular weight excluding hydrogens is 667 g/mol. The number of nitrogens with zero attached hydrogens (tertiary/aromatic N) is 4. The first-order chi connectivity index (χ1) is 23.8. The van der Waals surface area contributed by atoms with Crippen LogP contribution in [0.5, 0.6) is 11.5 Å². The van der Waals surface area contributed by atoms with Gasteiger partial charge >= 0.3 is 11.7 Å². The number of unbranched alkanes of at least 4 members (excludes halogenated alkanes) is 1. The van der Waals surface area contributed by atoms with Gasteiger partial charge in [0.05, 0.1) is 19.1 Å². The van der Waals surface area contributed by atoms with Crippen molar-refractivity contribution in [1.82, 2.24) is 18.7 Å². The molecule has 1 N–H and O–H groups in total. The predicted molar refractivity (Wildman–Crippen MR) is 202 cm³/mol. The number of fused-ring (bicyclic) bond motifs is 1. The molecule has 0 radical (unpaired) electrons. The number of ether oxygens (including phenoxy) is 2. The summed E-state index contributed by atoms with van der Waals surface area (Å²) in [6.07, 6.45) is 1.76. The lowest BCUT2D eigenvalue weighted by molar-refractivity contribution is -0.156. The van der Waals surface area contributed by atoms with Crippen molar-refractivity contribution >= 4 is 37.0 Å². The molecule has 13 heteroatoms. The number of aromatic nitrogens is 4. The monoisotopic (exact) mass is 719 g/mol. The molecule has 4 aromatic rings. The lowest BCUT2D eigenvalue weighted by Crippen LogP contribution is -2.44. The lowest BCUT2D eigenvalue weighted by Gasteiger charge is -2.37. The van der Waals surface area contributed by atoms with E-state index in [0.717, 1.165) is 12.0 Å². The highest BCUT2D eigenvalue weighted by Crippen LogP contribution is 2.39. The summed E-state index contributed by atoms with van der Waals surface area (Å²) in [4.78, 5) is 58.3. The van der Waals surface area contributed by atoms with Crippen LogP contribution in [-0.4, -0.2) is 46.0 Å². The van der Waals surface area contributed by atoms with Gasteiger partial charge < -0.3 is 19.2 Å². The predicted octanol–water partition coefficient (Wildman–Crippen LogP) is 6.70. The molecule has 2 aromatic carbocycles. The topological polar surface area (TPSA) is 136 Å². The minimum Gasteiger partial charge on any atom is -0.543 e. The van der Waals surface area contributed by atoms with Crippen molar-refractivity contribution in [2.24, 2.45) is 5.41 Å². The lowest BCUT2D eigenvalue weighted by atomic mass is 9.98. The summed E-state index contributed by atoms with van der Waals surface area (Å²) in [5.74, 6) is 0.975. The summed E-state index contributed by atoms with van der Waals surface area (Å²) in [5, 5.41) is 2.67. The summed E-state index contributed by atoms with van der Waals surface area (Å²) >= 11 is 0. The standard InChI is InChI=1S/C38H53N5O7Si/c1-12-13-20-41-33-32(34(45)42(36(41)47)23-27-22-29(48-9)18-19-30(27)50-51(10,11)38(6,7)8)43(24-49-35(46)37(3,4)5)31(40-33)21-26-14-16-28(17-15-26)39-25(2)44/h14-19,22H,12-13,20-21,23-24H2,1-11H3,(H,39,44). The summed E-state index contributed by atoms with van der Waals surface area (Å²) < 4.78 is 22.4. The van der Waals surface area contributed by atoms with Crippen molar-refractivity contribution in [2.45, 2.75) is 113 Å². The Labute approximate surface area is 300 Å². The van der Waals surface area contributed by atoms with Crippen molar-refractivity contribution < 1.29 is 23.5 Å². The molecule has 12 nitrogen and oxygen atoms in total. The minimum atomic E-state index is -2.31. The maximum absolute atomic E-state index is 14.6. The average Bonchev–Trinajstić information content (AvgIpc) is 3.39. The minimum absolute atomic E-state index is 0.0756. The van der Waals surface area contributed by atoms with Gasteiger partial charge in [-0.1, -0.05) is 46.2 Å². The Bertz CT molecular complexity index is 2010. The van der Waals surface area contributed by atoms with Crippen LogP contribution in [0.4, 0.5) is 5.69 Å².